The van der Waals surface area contributed by atoms with Gasteiger partial charge in [0.25, 0.3) is 0 Å². The molecule has 0 heterocycles. The zero-order valence-corrected chi connectivity index (χ0v) is 62.7. The van der Waals surface area contributed by atoms with Crippen LogP contribution in [-0.4, -0.2) is 64.0 Å². The van der Waals surface area contributed by atoms with Crippen molar-refractivity contribution in [2.75, 3.05) is 33.7 Å². The molecule has 546 valence electrons. The molecule has 0 aromatic heterocycles. The van der Waals surface area contributed by atoms with Gasteiger partial charge in [-0.05, 0) is 85.7 Å². The van der Waals surface area contributed by atoms with Crippen molar-refractivity contribution in [3.63, 3.8) is 0 Å². The van der Waals surface area contributed by atoms with Gasteiger partial charge in [0, 0.05) is 38.0 Å². The van der Waals surface area contributed by atoms with E-state index < -0.39 is 9.85 Å². The Morgan fingerprint density at radius 1 is 0.296 bits per heavy atom. The second-order valence-corrected chi connectivity index (χ2v) is 26.4. The summed E-state index contributed by atoms with van der Waals surface area (Å²) in [7, 11) is 1.78. The van der Waals surface area contributed by atoms with Crippen LogP contribution in [0.2, 0.25) is 0 Å². The molecule has 98 heavy (non-hydrogen) atoms. The van der Waals surface area contributed by atoms with Crippen LogP contribution < -0.4 is 4.90 Å². The molecule has 5 N–H and O–H groups in total. The van der Waals surface area contributed by atoms with Crippen molar-refractivity contribution >= 4 is 44.3 Å². The number of phenols is 4. The number of benzene rings is 6. The van der Waals surface area contributed by atoms with Crippen molar-refractivity contribution in [2.45, 2.75) is 290 Å². The van der Waals surface area contributed by atoms with Gasteiger partial charge in [-0.25, -0.2) is 0 Å². The molecule has 0 saturated heterocycles. The average Bonchev–Trinajstić information content (AvgIpc) is 0.821. The maximum absolute atomic E-state index is 9.94. The topological polar surface area (TPSA) is 221 Å². The molecule has 0 atom stereocenters. The minimum absolute atomic E-state index is 0. The number of phenolic OH excluding ortho intramolecular Hbond substituents is 4. The summed E-state index contributed by atoms with van der Waals surface area (Å²) in [4.78, 5) is 18.6. The van der Waals surface area contributed by atoms with Gasteiger partial charge in [0.1, 0.15) is 45.7 Å². The number of para-hydroxylation sites is 2. The zero-order chi connectivity index (χ0) is 70.5. The Kier molecular flexibility index (Phi) is 57.3. The molecule has 0 aliphatic rings. The molecule has 0 aliphatic heterocycles. The number of azo groups is 2. The maximum atomic E-state index is 9.94. The third-order valence-corrected chi connectivity index (χ3v) is 17.7. The van der Waals surface area contributed by atoms with Crippen molar-refractivity contribution in [3.8, 4) is 23.0 Å². The maximum Gasteiger partial charge on any atom is 0.194 e. The van der Waals surface area contributed by atoms with E-state index in [1.807, 2.05) is 65.6 Å². The number of nitro groups is 2. The van der Waals surface area contributed by atoms with E-state index in [1.165, 1.54) is 301 Å². The fourth-order valence-corrected chi connectivity index (χ4v) is 12.1. The van der Waals surface area contributed by atoms with E-state index in [0.29, 0.717) is 22.7 Å². The number of quaternary nitrogens is 1. The first-order chi connectivity index (χ1) is 47.3. The fourth-order valence-electron chi connectivity index (χ4n) is 12.1. The Balaban J connectivity index is 0.000000788. The van der Waals surface area contributed by atoms with Gasteiger partial charge in [0.05, 0.1) is 19.6 Å². The molecule has 0 bridgehead atoms. The number of rotatable bonds is 49. The minimum atomic E-state index is -0.500. The van der Waals surface area contributed by atoms with Crippen LogP contribution in [0.3, 0.4) is 0 Å². The predicted molar refractivity (Wildman–Crippen MR) is 408 cm³/mol. The summed E-state index contributed by atoms with van der Waals surface area (Å²) in [5, 5.41) is 76.5. The summed E-state index contributed by atoms with van der Waals surface area (Å²) in [6.07, 6.45) is 61.9. The Morgan fingerprint density at radius 2 is 0.510 bits per heavy atom. The van der Waals surface area contributed by atoms with Gasteiger partial charge in [0.15, 0.2) is 14.1 Å². The SMILES string of the molecule is CCCCCCCCCCCCCCCC[NH+](CCCCCCCCCCCCCCCC)CCCCCCCCCCCCCCCC.C[N+](=O)[O-].C[N+](=O)[O-].Oc1ccccc1N=Nc1c(O)ccc2ccccc12.Oc1ccccc1N=Nc1c(O)ccc2ccccc12.[Cr]. The van der Waals surface area contributed by atoms with Crippen molar-refractivity contribution in [2.24, 2.45) is 20.5 Å². The van der Waals surface area contributed by atoms with Crippen molar-refractivity contribution in [1.82, 2.24) is 0 Å². The summed E-state index contributed by atoms with van der Waals surface area (Å²) in [6.45, 7) is 11.3. The standard InChI is InChI=1S/C48H99N.2C16H12N2O2.2CH3NO2.Cr/c1-4-7-10-13-16-19-22-25-28-31-34-37-40-43-46-49(47-44-41-38-35-32-29-26-23-20-17-14-11-8-5-2)48-45-42-39-36-33-30-27-24-21-18-15-12-9-6-3;2*19-14-8-4-3-7-13(14)17-18-16-12-6-2-1-5-11(12)9-10-15(16)20;2*1-2(3)4;/h4-48H2,1-3H3;2*1-10,19-20H;2*1H3;/p+1. The van der Waals surface area contributed by atoms with Gasteiger partial charge in [-0.2, -0.15) is 0 Å². The summed E-state index contributed by atoms with van der Waals surface area (Å²) >= 11 is 0. The van der Waals surface area contributed by atoms with Gasteiger partial charge in [-0.15, -0.1) is 20.5 Å². The first-order valence-corrected chi connectivity index (χ1v) is 38.1. The number of hydrogen-bond acceptors (Lipinski definition) is 12. The van der Waals surface area contributed by atoms with E-state index in [2.05, 4.69) is 41.2 Å². The Labute approximate surface area is 602 Å². The smallest absolute Gasteiger partial charge is 0.194 e. The zero-order valence-electron chi connectivity index (χ0n) is 61.4. The molecule has 16 heteroatoms. The van der Waals surface area contributed by atoms with Gasteiger partial charge in [0.2, 0.25) is 0 Å². The van der Waals surface area contributed by atoms with Crippen LogP contribution in [0.15, 0.2) is 142 Å². The van der Waals surface area contributed by atoms with Crippen LogP contribution in [0.4, 0.5) is 22.7 Å². The molecule has 0 aliphatic carbocycles. The second kappa shape index (κ2) is 62.8. The Hall–Kier alpha value is -6.47. The van der Waals surface area contributed by atoms with Gasteiger partial charge in [-0.1, -0.05) is 337 Å². The van der Waals surface area contributed by atoms with Crippen LogP contribution in [0, 0.1) is 20.2 Å². The first kappa shape index (κ1) is 89.5. The molecule has 0 fully saturated rings. The molecule has 15 nitrogen and oxygen atoms in total. The molecular formula is C82H130CrN7O8+. The first-order valence-electron chi connectivity index (χ1n) is 38.1. The van der Waals surface area contributed by atoms with Crippen LogP contribution in [0.25, 0.3) is 21.5 Å². The molecule has 0 radical (unpaired) electrons. The predicted octanol–water partition coefficient (Wildman–Crippen LogP) is 25.4. The summed E-state index contributed by atoms with van der Waals surface area (Å²) < 4.78 is 0. The summed E-state index contributed by atoms with van der Waals surface area (Å²) in [6, 6.07) is 35.4. The molecule has 6 aromatic rings. The summed E-state index contributed by atoms with van der Waals surface area (Å²) in [5.41, 5.74) is 1.51. The van der Waals surface area contributed by atoms with E-state index in [0.717, 1.165) is 35.6 Å². The number of fused-ring (bicyclic) bond motifs is 2. The fraction of sp³-hybridized carbons (Fsp3) is 0.610. The molecular weight excluding hydrogens is 1260 g/mol. The van der Waals surface area contributed by atoms with Crippen LogP contribution in [-0.2, 0) is 17.4 Å². The molecule has 0 unspecified atom stereocenters. The quantitative estimate of drug-likeness (QED) is 0.0107. The van der Waals surface area contributed by atoms with E-state index >= 15 is 0 Å². The average molecular weight is 1390 g/mol. The molecule has 6 aromatic carbocycles. The van der Waals surface area contributed by atoms with E-state index in [-0.39, 0.29) is 40.4 Å². The third kappa shape index (κ3) is 47.5. The monoisotopic (exact) mass is 1390 g/mol. The molecule has 0 saturated carbocycles. The van der Waals surface area contributed by atoms with E-state index in [9.17, 15) is 20.4 Å². The number of nitrogens with zero attached hydrogens (tertiary/aromatic N) is 6. The van der Waals surface area contributed by atoms with Crippen molar-refractivity contribution < 1.29 is 52.5 Å². The largest absolute Gasteiger partial charge is 0.506 e. The van der Waals surface area contributed by atoms with Crippen LogP contribution in [0.1, 0.15) is 290 Å². The van der Waals surface area contributed by atoms with Crippen molar-refractivity contribution in [1.29, 1.82) is 0 Å². The van der Waals surface area contributed by atoms with Gasteiger partial charge >= 0.3 is 0 Å². The third-order valence-electron chi connectivity index (χ3n) is 17.7. The number of aromatic hydroxyl groups is 4. The summed E-state index contributed by atoms with van der Waals surface area (Å²) in [5.74, 6) is 0.220. The van der Waals surface area contributed by atoms with Crippen molar-refractivity contribution in [3.05, 3.63) is 142 Å². The van der Waals surface area contributed by atoms with Crippen LogP contribution in [0.5, 0.6) is 23.0 Å². The Bertz CT molecular complexity index is 2730. The number of nitrogens with one attached hydrogen (secondary N) is 1. The van der Waals surface area contributed by atoms with Crippen LogP contribution >= 0.6 is 0 Å². The van der Waals surface area contributed by atoms with Gasteiger partial charge in [-0.3, -0.25) is 20.2 Å². The second-order valence-electron chi connectivity index (χ2n) is 26.4. The normalized spacial score (nSPS) is 11.0. The minimum Gasteiger partial charge on any atom is -0.506 e. The Morgan fingerprint density at radius 3 is 0.755 bits per heavy atom. The van der Waals surface area contributed by atoms with E-state index in [4.69, 9.17) is 20.2 Å². The number of unbranched alkanes of at least 4 members (excludes halogenated alkanes) is 39. The van der Waals surface area contributed by atoms with Gasteiger partial charge < -0.3 is 25.3 Å². The molecule has 0 amide bonds. The van der Waals surface area contributed by atoms with E-state index in [1.54, 1.807) is 48.5 Å². The molecule has 6 rings (SSSR count). The molecule has 0 spiro atoms. The number of hydrogen-bond donors (Lipinski definition) is 5.